The van der Waals surface area contributed by atoms with Crippen molar-refractivity contribution in [2.45, 2.75) is 5.60 Å². The Labute approximate surface area is 160 Å². The van der Waals surface area contributed by atoms with E-state index in [1.54, 1.807) is 31.4 Å². The van der Waals surface area contributed by atoms with Gasteiger partial charge in [0.2, 0.25) is 0 Å². The molecule has 1 heterocycles. The van der Waals surface area contributed by atoms with Crippen LogP contribution in [0.4, 0.5) is 5.69 Å². The average Bonchev–Trinajstić information content (AvgIpc) is 2.74. The van der Waals surface area contributed by atoms with Gasteiger partial charge in [-0.15, -0.1) is 6.42 Å². The van der Waals surface area contributed by atoms with Crippen molar-refractivity contribution in [3.05, 3.63) is 59.7 Å². The number of anilines is 1. The third-order valence-electron chi connectivity index (χ3n) is 4.70. The lowest BCUT2D eigenvalue weighted by atomic mass is 9.87. The van der Waals surface area contributed by atoms with E-state index < -0.39 is 5.60 Å². The third kappa shape index (κ3) is 4.42. The zero-order valence-electron chi connectivity index (χ0n) is 15.6. The normalized spacial score (nSPS) is 16.4. The Bertz CT molecular complexity index is 760. The molecule has 1 unspecified atom stereocenters. The van der Waals surface area contributed by atoms with Crippen LogP contribution in [0.5, 0.6) is 5.75 Å². The van der Waals surface area contributed by atoms with Gasteiger partial charge in [0.05, 0.1) is 19.8 Å². The highest BCUT2D eigenvalue weighted by Crippen LogP contribution is 2.31. The van der Waals surface area contributed by atoms with Gasteiger partial charge in [0, 0.05) is 37.0 Å². The molecule has 1 atom stereocenters. The molecule has 1 saturated heterocycles. The molecule has 142 valence electrons. The van der Waals surface area contributed by atoms with Crippen molar-refractivity contribution in [2.24, 2.45) is 0 Å². The van der Waals surface area contributed by atoms with Gasteiger partial charge in [0.1, 0.15) is 12.4 Å². The zero-order valence-corrected chi connectivity index (χ0v) is 15.6. The molecule has 2 aromatic rings. The van der Waals surface area contributed by atoms with Gasteiger partial charge in [0.15, 0.2) is 5.60 Å². The summed E-state index contributed by atoms with van der Waals surface area (Å²) < 4.78 is 15.9. The highest BCUT2D eigenvalue weighted by Gasteiger charge is 2.29. The quantitative estimate of drug-likeness (QED) is 0.602. The molecule has 1 aliphatic heterocycles. The van der Waals surface area contributed by atoms with Crippen LogP contribution in [-0.2, 0) is 15.1 Å². The summed E-state index contributed by atoms with van der Waals surface area (Å²) in [7, 11) is 1.63. The Kier molecular flexibility index (Phi) is 6.36. The van der Waals surface area contributed by atoms with E-state index in [0.29, 0.717) is 30.1 Å². The van der Waals surface area contributed by atoms with Gasteiger partial charge in [-0.05, 0) is 24.3 Å². The van der Waals surface area contributed by atoms with E-state index in [4.69, 9.17) is 20.6 Å². The van der Waals surface area contributed by atoms with Crippen molar-refractivity contribution < 1.29 is 19.3 Å². The fourth-order valence-corrected chi connectivity index (χ4v) is 3.10. The second kappa shape index (κ2) is 8.92. The van der Waals surface area contributed by atoms with Crippen molar-refractivity contribution in [1.82, 2.24) is 0 Å². The number of benzene rings is 2. The number of terminal acetylenes is 1. The number of morpholine rings is 1. The fraction of sp³-hybridized carbons (Fsp3) is 0.364. The molecule has 0 radical (unpaired) electrons. The Hall–Kier alpha value is -2.52. The van der Waals surface area contributed by atoms with Gasteiger partial charge < -0.3 is 24.2 Å². The molecule has 0 aliphatic carbocycles. The predicted octanol–water partition coefficient (Wildman–Crippen LogP) is 2.42. The number of hydrogen-bond donors (Lipinski definition) is 1. The van der Waals surface area contributed by atoms with E-state index in [9.17, 15) is 5.11 Å². The van der Waals surface area contributed by atoms with Crippen LogP contribution in [0.1, 0.15) is 11.1 Å². The predicted molar refractivity (Wildman–Crippen MR) is 105 cm³/mol. The molecular weight excluding hydrogens is 342 g/mol. The lowest BCUT2D eigenvalue weighted by molar-refractivity contribution is 0.122. The molecule has 2 aromatic carbocycles. The van der Waals surface area contributed by atoms with Crippen LogP contribution in [0, 0.1) is 12.3 Å². The summed E-state index contributed by atoms with van der Waals surface area (Å²) in [6, 6.07) is 14.9. The van der Waals surface area contributed by atoms with Crippen LogP contribution in [0.25, 0.3) is 0 Å². The maximum Gasteiger partial charge on any atom is 0.176 e. The van der Waals surface area contributed by atoms with Crippen molar-refractivity contribution >= 4 is 5.69 Å². The molecule has 0 bridgehead atoms. The van der Waals surface area contributed by atoms with Gasteiger partial charge >= 0.3 is 0 Å². The number of ether oxygens (including phenoxy) is 3. The standard InChI is InChI=1S/C22H25NO4/c1-3-22(24,19-6-10-21(11-7-19)27-17-16-25-2)18-4-8-20(9-5-18)23-12-14-26-15-13-23/h1,4-11,24H,12-17H2,2H3. The molecular formula is C22H25NO4. The maximum absolute atomic E-state index is 11.1. The minimum absolute atomic E-state index is 0.470. The summed E-state index contributed by atoms with van der Waals surface area (Å²) in [5, 5.41) is 11.1. The highest BCUT2D eigenvalue weighted by atomic mass is 16.5. The first kappa shape index (κ1) is 19.2. The van der Waals surface area contributed by atoms with Crippen molar-refractivity contribution in [3.8, 4) is 18.1 Å². The first-order chi connectivity index (χ1) is 13.2. The largest absolute Gasteiger partial charge is 0.491 e. The first-order valence-electron chi connectivity index (χ1n) is 9.03. The van der Waals surface area contributed by atoms with Gasteiger partial charge in [0.25, 0.3) is 0 Å². The minimum atomic E-state index is -1.49. The molecule has 0 amide bonds. The molecule has 0 aromatic heterocycles. The second-order valence-electron chi connectivity index (χ2n) is 6.37. The Morgan fingerprint density at radius 1 is 1.04 bits per heavy atom. The van der Waals surface area contributed by atoms with Crippen LogP contribution in [0.15, 0.2) is 48.5 Å². The number of nitrogens with zero attached hydrogens (tertiary/aromatic N) is 1. The maximum atomic E-state index is 11.1. The van der Waals surface area contributed by atoms with E-state index in [2.05, 4.69) is 10.8 Å². The van der Waals surface area contributed by atoms with E-state index in [1.807, 2.05) is 24.3 Å². The Morgan fingerprint density at radius 2 is 1.63 bits per heavy atom. The molecule has 3 rings (SSSR count). The minimum Gasteiger partial charge on any atom is -0.491 e. The van der Waals surface area contributed by atoms with Gasteiger partial charge in [-0.25, -0.2) is 0 Å². The van der Waals surface area contributed by atoms with E-state index in [1.165, 1.54) is 0 Å². The van der Waals surface area contributed by atoms with Crippen molar-refractivity contribution in [1.29, 1.82) is 0 Å². The van der Waals surface area contributed by atoms with E-state index in [-0.39, 0.29) is 0 Å². The summed E-state index contributed by atoms with van der Waals surface area (Å²) in [6.45, 7) is 4.18. The van der Waals surface area contributed by atoms with Gasteiger partial charge in [-0.3, -0.25) is 0 Å². The van der Waals surface area contributed by atoms with Crippen molar-refractivity contribution in [3.63, 3.8) is 0 Å². The lowest BCUT2D eigenvalue weighted by Crippen LogP contribution is -2.36. The molecule has 27 heavy (non-hydrogen) atoms. The molecule has 1 aliphatic rings. The average molecular weight is 367 g/mol. The SMILES string of the molecule is C#CC(O)(c1ccc(OCCOC)cc1)c1ccc(N2CCOCC2)cc1. The number of methoxy groups -OCH3 is 1. The van der Waals surface area contributed by atoms with Crippen LogP contribution in [0.2, 0.25) is 0 Å². The third-order valence-corrected chi connectivity index (χ3v) is 4.70. The molecule has 5 nitrogen and oxygen atoms in total. The smallest absolute Gasteiger partial charge is 0.176 e. The summed E-state index contributed by atoms with van der Waals surface area (Å²) in [4.78, 5) is 2.26. The van der Waals surface area contributed by atoms with Crippen LogP contribution >= 0.6 is 0 Å². The Morgan fingerprint density at radius 3 is 2.19 bits per heavy atom. The summed E-state index contributed by atoms with van der Waals surface area (Å²) in [6.07, 6.45) is 5.71. The number of aliphatic hydroxyl groups is 1. The molecule has 5 heteroatoms. The zero-order chi connectivity index (χ0) is 19.1. The Balaban J connectivity index is 1.77. The molecule has 1 N–H and O–H groups in total. The summed E-state index contributed by atoms with van der Waals surface area (Å²) in [5.74, 6) is 3.25. The van der Waals surface area contributed by atoms with Crippen LogP contribution in [0.3, 0.4) is 0 Å². The van der Waals surface area contributed by atoms with Crippen molar-refractivity contribution in [2.75, 3.05) is 51.5 Å². The number of rotatable bonds is 7. The van der Waals surface area contributed by atoms with Gasteiger partial charge in [-0.1, -0.05) is 30.2 Å². The van der Waals surface area contributed by atoms with Crippen LogP contribution in [-0.4, -0.2) is 51.7 Å². The summed E-state index contributed by atoms with van der Waals surface area (Å²) in [5.41, 5.74) is 0.899. The highest BCUT2D eigenvalue weighted by molar-refractivity contribution is 5.52. The number of hydrogen-bond acceptors (Lipinski definition) is 5. The molecule has 1 fully saturated rings. The van der Waals surface area contributed by atoms with E-state index in [0.717, 1.165) is 32.0 Å². The molecule has 0 saturated carbocycles. The fourth-order valence-electron chi connectivity index (χ4n) is 3.10. The second-order valence-corrected chi connectivity index (χ2v) is 6.37. The molecule has 0 spiro atoms. The monoisotopic (exact) mass is 367 g/mol. The van der Waals surface area contributed by atoms with E-state index >= 15 is 0 Å². The van der Waals surface area contributed by atoms with Gasteiger partial charge in [-0.2, -0.15) is 0 Å². The van der Waals surface area contributed by atoms with Crippen LogP contribution < -0.4 is 9.64 Å². The topological polar surface area (TPSA) is 51.2 Å². The first-order valence-corrected chi connectivity index (χ1v) is 9.03. The lowest BCUT2D eigenvalue weighted by Gasteiger charge is -2.30. The summed E-state index contributed by atoms with van der Waals surface area (Å²) >= 11 is 0.